The summed E-state index contributed by atoms with van der Waals surface area (Å²) in [6.07, 6.45) is 1.63. The summed E-state index contributed by atoms with van der Waals surface area (Å²) < 4.78 is 11.5. The highest BCUT2D eigenvalue weighted by atomic mass is 79.9. The van der Waals surface area contributed by atoms with Gasteiger partial charge in [0.2, 0.25) is 0 Å². The Balaban J connectivity index is 2.64. The Hall–Kier alpha value is -0.790. The molecule has 0 saturated heterocycles. The van der Waals surface area contributed by atoms with Gasteiger partial charge >= 0.3 is 0 Å². The molecule has 1 N–H and O–H groups in total. The highest BCUT2D eigenvalue weighted by Crippen LogP contribution is 2.23. The third-order valence-electron chi connectivity index (χ3n) is 2.13. The predicted molar refractivity (Wildman–Crippen MR) is 71.4 cm³/mol. The van der Waals surface area contributed by atoms with Crippen LogP contribution in [0.2, 0.25) is 0 Å². The van der Waals surface area contributed by atoms with Gasteiger partial charge in [0.1, 0.15) is 0 Å². The molecule has 0 aliphatic carbocycles. The highest BCUT2D eigenvalue weighted by Gasteiger charge is 2.13. The number of rotatable bonds is 6. The monoisotopic (exact) mass is 320 g/mol. The van der Waals surface area contributed by atoms with Crippen LogP contribution in [-0.2, 0) is 17.3 Å². The van der Waals surface area contributed by atoms with E-state index in [0.717, 1.165) is 0 Å². The number of nitrogens with one attached hydrogen (secondary N) is 1. The fourth-order valence-electron chi connectivity index (χ4n) is 1.30. The van der Waals surface area contributed by atoms with Crippen LogP contribution in [0.15, 0.2) is 22.7 Å². The molecule has 7 heteroatoms. The second-order valence-electron chi connectivity index (χ2n) is 3.48. The van der Waals surface area contributed by atoms with Gasteiger partial charge in [-0.15, -0.1) is 0 Å². The second kappa shape index (κ2) is 6.83. The Morgan fingerprint density at radius 2 is 2.24 bits per heavy atom. The summed E-state index contributed by atoms with van der Waals surface area (Å²) >= 11 is 3.20. The number of nitrogens with zero attached hydrogens (tertiary/aromatic N) is 1. The zero-order valence-corrected chi connectivity index (χ0v) is 11.7. The van der Waals surface area contributed by atoms with Crippen molar-refractivity contribution in [3.8, 4) is 0 Å². The molecule has 0 aliphatic heterocycles. The minimum atomic E-state index is -0.845. The molecular formula is C10H13BrN2O3S. The molecule has 0 fully saturated rings. The Morgan fingerprint density at radius 3 is 2.82 bits per heavy atom. The van der Waals surface area contributed by atoms with E-state index in [1.165, 1.54) is 6.07 Å². The first kappa shape index (κ1) is 14.3. The maximum absolute atomic E-state index is 10.8. The van der Waals surface area contributed by atoms with Gasteiger partial charge in [0.15, 0.2) is 0 Å². The standard InChI is InChI=1S/C10H13BrN2O3S/c1-17(16)5-4-12-7-8-2-3-9(11)6-10(8)13(14)15/h2-3,6,12H,4-5,7H2,1H3. The van der Waals surface area contributed by atoms with E-state index in [9.17, 15) is 14.3 Å². The normalized spacial score (nSPS) is 12.4. The molecule has 5 nitrogen and oxygen atoms in total. The van der Waals surface area contributed by atoms with Gasteiger partial charge in [-0.25, -0.2) is 0 Å². The van der Waals surface area contributed by atoms with Crippen molar-refractivity contribution in [3.63, 3.8) is 0 Å². The van der Waals surface area contributed by atoms with Gasteiger partial charge in [0.25, 0.3) is 5.69 Å². The zero-order chi connectivity index (χ0) is 12.8. The van der Waals surface area contributed by atoms with Gasteiger partial charge in [-0.2, -0.15) is 0 Å². The molecule has 0 spiro atoms. The summed E-state index contributed by atoms with van der Waals surface area (Å²) in [6.45, 7) is 0.983. The van der Waals surface area contributed by atoms with Crippen LogP contribution in [0.25, 0.3) is 0 Å². The van der Waals surface area contributed by atoms with Crippen LogP contribution in [0.3, 0.4) is 0 Å². The fraction of sp³-hybridized carbons (Fsp3) is 0.400. The smallest absolute Gasteiger partial charge is 0.275 e. The molecule has 0 aliphatic rings. The first-order valence-corrected chi connectivity index (χ1v) is 7.46. The Morgan fingerprint density at radius 1 is 1.53 bits per heavy atom. The van der Waals surface area contributed by atoms with Gasteiger partial charge in [0, 0.05) is 52.0 Å². The molecule has 1 aromatic carbocycles. The lowest BCUT2D eigenvalue weighted by molar-refractivity contribution is -0.385. The lowest BCUT2D eigenvalue weighted by Gasteiger charge is -2.05. The van der Waals surface area contributed by atoms with Gasteiger partial charge in [0.05, 0.1) is 4.92 Å². The summed E-state index contributed by atoms with van der Waals surface area (Å²) in [5.74, 6) is 0.546. The molecule has 94 valence electrons. The minimum absolute atomic E-state index is 0.0875. The molecule has 0 radical (unpaired) electrons. The van der Waals surface area contributed by atoms with E-state index in [1.807, 2.05) is 0 Å². The van der Waals surface area contributed by atoms with Crippen LogP contribution < -0.4 is 5.32 Å². The van der Waals surface area contributed by atoms with E-state index in [4.69, 9.17) is 0 Å². The quantitative estimate of drug-likeness (QED) is 0.493. The highest BCUT2D eigenvalue weighted by molar-refractivity contribution is 9.10. The topological polar surface area (TPSA) is 72.2 Å². The third kappa shape index (κ3) is 4.93. The van der Waals surface area contributed by atoms with E-state index in [2.05, 4.69) is 21.2 Å². The SMILES string of the molecule is CS(=O)CCNCc1ccc(Br)cc1[N+](=O)[O-]. The van der Waals surface area contributed by atoms with Crippen LogP contribution in [0, 0.1) is 10.1 Å². The number of halogens is 1. The Labute approximate surface area is 110 Å². The predicted octanol–water partition coefficient (Wildman–Crippen LogP) is 1.83. The molecule has 1 unspecified atom stereocenters. The lowest BCUT2D eigenvalue weighted by Crippen LogP contribution is -2.20. The molecule has 0 aromatic heterocycles. The molecule has 1 rings (SSSR count). The average molecular weight is 321 g/mol. The van der Waals surface area contributed by atoms with Crippen LogP contribution in [0.5, 0.6) is 0 Å². The lowest BCUT2D eigenvalue weighted by atomic mass is 10.2. The second-order valence-corrected chi connectivity index (χ2v) is 5.95. The number of hydrogen-bond acceptors (Lipinski definition) is 4. The first-order chi connectivity index (χ1) is 8.00. The first-order valence-electron chi connectivity index (χ1n) is 4.94. The molecule has 0 bridgehead atoms. The fourth-order valence-corrected chi connectivity index (χ4v) is 2.08. The number of nitro groups is 1. The number of nitro benzene ring substituents is 1. The van der Waals surface area contributed by atoms with Crippen LogP contribution >= 0.6 is 15.9 Å². The molecule has 0 saturated carbocycles. The maximum Gasteiger partial charge on any atom is 0.275 e. The van der Waals surface area contributed by atoms with Crippen molar-refractivity contribution in [2.75, 3.05) is 18.6 Å². The molecule has 0 amide bonds. The molecular weight excluding hydrogens is 308 g/mol. The third-order valence-corrected chi connectivity index (χ3v) is 3.40. The minimum Gasteiger partial charge on any atom is -0.311 e. The summed E-state index contributed by atoms with van der Waals surface area (Å²) in [7, 11) is -0.845. The van der Waals surface area contributed by atoms with Crippen LogP contribution in [-0.4, -0.2) is 27.7 Å². The number of benzene rings is 1. The maximum atomic E-state index is 10.8. The summed E-state index contributed by atoms with van der Waals surface area (Å²) in [6, 6.07) is 4.95. The van der Waals surface area contributed by atoms with E-state index >= 15 is 0 Å². The molecule has 1 aromatic rings. The van der Waals surface area contributed by atoms with Crippen LogP contribution in [0.1, 0.15) is 5.56 Å². The van der Waals surface area contributed by atoms with E-state index in [0.29, 0.717) is 28.9 Å². The summed E-state index contributed by atoms with van der Waals surface area (Å²) in [4.78, 5) is 10.4. The van der Waals surface area contributed by atoms with E-state index in [-0.39, 0.29) is 5.69 Å². The van der Waals surface area contributed by atoms with Crippen LogP contribution in [0.4, 0.5) is 5.69 Å². The summed E-state index contributed by atoms with van der Waals surface area (Å²) in [5.41, 5.74) is 0.713. The summed E-state index contributed by atoms with van der Waals surface area (Å²) in [5, 5.41) is 13.9. The van der Waals surface area contributed by atoms with Crippen molar-refractivity contribution in [2.45, 2.75) is 6.54 Å². The van der Waals surface area contributed by atoms with E-state index < -0.39 is 15.7 Å². The van der Waals surface area contributed by atoms with Gasteiger partial charge in [-0.1, -0.05) is 15.9 Å². The van der Waals surface area contributed by atoms with Gasteiger partial charge < -0.3 is 5.32 Å². The molecule has 0 heterocycles. The Kier molecular flexibility index (Phi) is 5.73. The van der Waals surface area contributed by atoms with Crippen molar-refractivity contribution < 1.29 is 9.13 Å². The van der Waals surface area contributed by atoms with Gasteiger partial charge in [-0.3, -0.25) is 14.3 Å². The van der Waals surface area contributed by atoms with Crippen molar-refractivity contribution in [1.29, 1.82) is 0 Å². The molecule has 1 atom stereocenters. The zero-order valence-electron chi connectivity index (χ0n) is 9.31. The average Bonchev–Trinajstić information content (AvgIpc) is 2.25. The van der Waals surface area contributed by atoms with Crippen molar-refractivity contribution in [2.24, 2.45) is 0 Å². The van der Waals surface area contributed by atoms with Crippen molar-refractivity contribution in [3.05, 3.63) is 38.3 Å². The van der Waals surface area contributed by atoms with E-state index in [1.54, 1.807) is 18.4 Å². The number of hydrogen-bond donors (Lipinski definition) is 1. The van der Waals surface area contributed by atoms with Gasteiger partial charge in [-0.05, 0) is 12.1 Å². The van der Waals surface area contributed by atoms with Crippen molar-refractivity contribution >= 4 is 32.4 Å². The Bertz CT molecular complexity index is 440. The molecule has 17 heavy (non-hydrogen) atoms. The largest absolute Gasteiger partial charge is 0.311 e. The van der Waals surface area contributed by atoms with Crippen molar-refractivity contribution in [1.82, 2.24) is 5.32 Å².